The minimum Gasteiger partial charge on any atom is -0.507 e. The Hall–Kier alpha value is -3.98. The van der Waals surface area contributed by atoms with Crippen LogP contribution in [0.5, 0.6) is 17.2 Å². The van der Waals surface area contributed by atoms with Crippen LogP contribution in [0.1, 0.15) is 35.3 Å². The molecule has 0 aromatic heterocycles. The molecule has 1 aliphatic heterocycles. The highest BCUT2D eigenvalue weighted by Gasteiger charge is 2.58. The maximum atomic E-state index is 13.5. The molecule has 2 N–H and O–H groups in total. The average molecular weight is 564 g/mol. The third-order valence-electron chi connectivity index (χ3n) is 7.00. The van der Waals surface area contributed by atoms with Crippen molar-refractivity contribution in [1.82, 2.24) is 5.32 Å². The molecule has 9 heteroatoms. The van der Waals surface area contributed by atoms with Gasteiger partial charge in [0.2, 0.25) is 0 Å². The fourth-order valence-electron chi connectivity index (χ4n) is 5.09. The summed E-state index contributed by atoms with van der Waals surface area (Å²) in [6.45, 7) is 2.81. The van der Waals surface area contributed by atoms with E-state index in [1.807, 2.05) is 36.4 Å². The van der Waals surface area contributed by atoms with Crippen molar-refractivity contribution in [2.45, 2.75) is 25.8 Å². The molecule has 0 bridgehead atoms. The third-order valence-corrected chi connectivity index (χ3v) is 7.69. The Bertz CT molecular complexity index is 1570. The number of halogens is 1. The van der Waals surface area contributed by atoms with E-state index in [9.17, 15) is 24.3 Å². The maximum absolute atomic E-state index is 13.5. The van der Waals surface area contributed by atoms with Gasteiger partial charge < -0.3 is 19.9 Å². The topological polar surface area (TPSA) is 119 Å². The SMILES string of the molecule is COc1cc(O)c2c(c1C(=O)NCc1ccc(Br)c3ccccc13)OC1=CC(=O)C(C(C)=O)C(=O)[C@]12C. The van der Waals surface area contributed by atoms with Gasteiger partial charge in [0.05, 0.1) is 12.7 Å². The molecular weight excluding hydrogens is 542 g/mol. The van der Waals surface area contributed by atoms with E-state index in [-0.39, 0.29) is 40.7 Å². The maximum Gasteiger partial charge on any atom is 0.259 e. The Kier molecular flexibility index (Phi) is 5.91. The first kappa shape index (κ1) is 24.7. The Labute approximate surface area is 220 Å². The first-order valence-electron chi connectivity index (χ1n) is 11.5. The van der Waals surface area contributed by atoms with Crippen LogP contribution in [0, 0.1) is 5.92 Å². The molecule has 3 aromatic carbocycles. The molecule has 1 aliphatic carbocycles. The van der Waals surface area contributed by atoms with E-state index in [1.54, 1.807) is 0 Å². The lowest BCUT2D eigenvalue weighted by Gasteiger charge is -2.30. The summed E-state index contributed by atoms with van der Waals surface area (Å²) in [5.41, 5.74) is -0.765. The first-order chi connectivity index (χ1) is 17.6. The zero-order chi connectivity index (χ0) is 26.6. The molecule has 0 spiro atoms. The highest BCUT2D eigenvalue weighted by molar-refractivity contribution is 9.10. The predicted octanol–water partition coefficient (Wildman–Crippen LogP) is 4.14. The molecule has 1 amide bonds. The lowest BCUT2D eigenvalue weighted by molar-refractivity contribution is -0.140. The molecule has 5 rings (SSSR count). The van der Waals surface area contributed by atoms with E-state index in [1.165, 1.54) is 20.1 Å². The van der Waals surface area contributed by atoms with Crippen molar-refractivity contribution in [1.29, 1.82) is 0 Å². The fraction of sp³-hybridized carbons (Fsp3) is 0.214. The molecular formula is C28H22BrNO7. The van der Waals surface area contributed by atoms with Gasteiger partial charge >= 0.3 is 0 Å². The number of carbonyl (C=O) groups excluding carboxylic acids is 4. The van der Waals surface area contributed by atoms with E-state index < -0.39 is 34.6 Å². The van der Waals surface area contributed by atoms with Crippen LogP contribution in [-0.2, 0) is 26.3 Å². The summed E-state index contributed by atoms with van der Waals surface area (Å²) in [7, 11) is 1.34. The van der Waals surface area contributed by atoms with Crippen molar-refractivity contribution in [3.63, 3.8) is 0 Å². The fourth-order valence-corrected chi connectivity index (χ4v) is 5.57. The number of allylic oxidation sites excluding steroid dienone is 2. The van der Waals surface area contributed by atoms with Gasteiger partial charge in [-0.1, -0.05) is 46.3 Å². The van der Waals surface area contributed by atoms with Crippen LogP contribution in [-0.4, -0.2) is 35.5 Å². The number of rotatable bonds is 5. The summed E-state index contributed by atoms with van der Waals surface area (Å²) in [6.07, 6.45) is 1.09. The average Bonchev–Trinajstić information content (AvgIpc) is 3.16. The van der Waals surface area contributed by atoms with Crippen LogP contribution in [0.25, 0.3) is 10.8 Å². The molecule has 0 radical (unpaired) electrons. The molecule has 0 saturated heterocycles. The second-order valence-electron chi connectivity index (χ2n) is 9.16. The second-order valence-corrected chi connectivity index (χ2v) is 10.0. The van der Waals surface area contributed by atoms with E-state index >= 15 is 0 Å². The molecule has 0 fully saturated rings. The van der Waals surface area contributed by atoms with Gasteiger partial charge in [0.1, 0.15) is 39.9 Å². The minimum absolute atomic E-state index is 0.0162. The van der Waals surface area contributed by atoms with Gasteiger partial charge in [-0.05, 0) is 36.2 Å². The van der Waals surface area contributed by atoms with Crippen molar-refractivity contribution in [2.24, 2.45) is 5.92 Å². The molecule has 2 atom stereocenters. The summed E-state index contributed by atoms with van der Waals surface area (Å²) >= 11 is 3.54. The molecule has 1 unspecified atom stereocenters. The largest absolute Gasteiger partial charge is 0.507 e. The van der Waals surface area contributed by atoms with Crippen LogP contribution < -0.4 is 14.8 Å². The number of amides is 1. The van der Waals surface area contributed by atoms with Crippen molar-refractivity contribution in [3.8, 4) is 17.2 Å². The molecule has 188 valence electrons. The number of phenolic OH excluding ortho intramolecular Hbond substituents is 1. The molecule has 3 aromatic rings. The Morgan fingerprint density at radius 2 is 1.86 bits per heavy atom. The Balaban J connectivity index is 1.58. The molecule has 1 heterocycles. The van der Waals surface area contributed by atoms with Crippen LogP contribution >= 0.6 is 15.9 Å². The van der Waals surface area contributed by atoms with E-state index in [2.05, 4.69) is 21.2 Å². The van der Waals surface area contributed by atoms with Gasteiger partial charge in [0.15, 0.2) is 17.3 Å². The minimum atomic E-state index is -1.62. The van der Waals surface area contributed by atoms with Crippen LogP contribution in [0.3, 0.4) is 0 Å². The van der Waals surface area contributed by atoms with E-state index in [4.69, 9.17) is 9.47 Å². The zero-order valence-corrected chi connectivity index (χ0v) is 21.8. The van der Waals surface area contributed by atoms with Gasteiger partial charge in [-0.15, -0.1) is 0 Å². The number of nitrogens with one attached hydrogen (secondary N) is 1. The Morgan fingerprint density at radius 1 is 1.16 bits per heavy atom. The summed E-state index contributed by atoms with van der Waals surface area (Å²) in [6, 6.07) is 12.8. The number of phenols is 1. The number of methoxy groups -OCH3 is 1. The van der Waals surface area contributed by atoms with Gasteiger partial charge in [-0.2, -0.15) is 0 Å². The van der Waals surface area contributed by atoms with Crippen LogP contribution in [0.15, 0.2) is 58.8 Å². The molecule has 37 heavy (non-hydrogen) atoms. The quantitative estimate of drug-likeness (QED) is 0.448. The summed E-state index contributed by atoms with van der Waals surface area (Å²) < 4.78 is 12.2. The lowest BCUT2D eigenvalue weighted by atomic mass is 9.67. The number of ketones is 3. The number of benzene rings is 3. The standard InChI is InChI=1S/C28H22BrNO7/c1-13(31)22-18(32)11-21-28(2,26(22)34)24-19(33)10-20(36-3)23(25(24)37-21)27(35)30-12-14-8-9-17(29)16-7-5-4-6-15(14)16/h4-11,22,33H,12H2,1-3H3,(H,30,35)/t22?,28-/m1/s1. The highest BCUT2D eigenvalue weighted by Crippen LogP contribution is 2.56. The van der Waals surface area contributed by atoms with E-state index in [0.717, 1.165) is 33.8 Å². The van der Waals surface area contributed by atoms with E-state index in [0.29, 0.717) is 0 Å². The summed E-state index contributed by atoms with van der Waals surface area (Å²) in [4.78, 5) is 51.5. The normalized spacial score (nSPS) is 20.1. The van der Waals surface area contributed by atoms with Crippen molar-refractivity contribution >= 4 is 50.0 Å². The predicted molar refractivity (Wildman–Crippen MR) is 138 cm³/mol. The van der Waals surface area contributed by atoms with Gasteiger partial charge in [0, 0.05) is 23.2 Å². The summed E-state index contributed by atoms with van der Waals surface area (Å²) in [5, 5.41) is 15.7. The van der Waals surface area contributed by atoms with Gasteiger partial charge in [-0.25, -0.2) is 0 Å². The Morgan fingerprint density at radius 3 is 2.54 bits per heavy atom. The van der Waals surface area contributed by atoms with Crippen LogP contribution in [0.4, 0.5) is 0 Å². The first-order valence-corrected chi connectivity index (χ1v) is 12.3. The van der Waals surface area contributed by atoms with Gasteiger partial charge in [-0.3, -0.25) is 19.2 Å². The highest BCUT2D eigenvalue weighted by atomic mass is 79.9. The van der Waals surface area contributed by atoms with Gasteiger partial charge in [0.25, 0.3) is 5.91 Å². The number of fused-ring (bicyclic) bond motifs is 4. The number of Topliss-reactive ketones (excluding diaryl/α,β-unsaturated/α-hetero) is 2. The van der Waals surface area contributed by atoms with Crippen molar-refractivity contribution in [3.05, 3.63) is 75.5 Å². The summed E-state index contributed by atoms with van der Waals surface area (Å²) in [5.74, 6) is -4.55. The third kappa shape index (κ3) is 3.64. The number of hydrogen-bond donors (Lipinski definition) is 2. The monoisotopic (exact) mass is 563 g/mol. The molecule has 8 nitrogen and oxygen atoms in total. The zero-order valence-electron chi connectivity index (χ0n) is 20.2. The number of aromatic hydroxyl groups is 1. The molecule has 2 aliphatic rings. The van der Waals surface area contributed by atoms with Crippen molar-refractivity contribution < 1.29 is 33.8 Å². The lowest BCUT2D eigenvalue weighted by Crippen LogP contribution is -2.47. The second kappa shape index (κ2) is 8.85. The number of carbonyl (C=O) groups is 4. The molecule has 0 saturated carbocycles. The number of hydrogen-bond acceptors (Lipinski definition) is 7. The number of ether oxygens (including phenoxy) is 2. The van der Waals surface area contributed by atoms with Crippen molar-refractivity contribution in [2.75, 3.05) is 7.11 Å². The smallest absolute Gasteiger partial charge is 0.259 e. The van der Waals surface area contributed by atoms with Crippen LogP contribution in [0.2, 0.25) is 0 Å².